The first kappa shape index (κ1) is 18.7. The Labute approximate surface area is 148 Å². The van der Waals surface area contributed by atoms with E-state index in [9.17, 15) is 4.79 Å². The topological polar surface area (TPSA) is 54.0 Å². The number of rotatable bonds is 5. The SMILES string of the molecule is COc1cc(NC(=O)N2CCCSCC2CN(C)C)cc(OC)c1. The van der Waals surface area contributed by atoms with Gasteiger partial charge in [0.2, 0.25) is 0 Å². The van der Waals surface area contributed by atoms with E-state index in [1.807, 2.05) is 30.8 Å². The molecular weight excluding hydrogens is 326 g/mol. The third-order valence-electron chi connectivity index (χ3n) is 3.88. The first-order chi connectivity index (χ1) is 11.5. The largest absolute Gasteiger partial charge is 0.497 e. The van der Waals surface area contributed by atoms with Crippen LogP contribution in [0.15, 0.2) is 18.2 Å². The van der Waals surface area contributed by atoms with Gasteiger partial charge in [0.15, 0.2) is 0 Å². The van der Waals surface area contributed by atoms with Gasteiger partial charge in [0.05, 0.1) is 20.3 Å². The van der Waals surface area contributed by atoms with E-state index >= 15 is 0 Å². The van der Waals surface area contributed by atoms with Gasteiger partial charge < -0.3 is 24.6 Å². The Morgan fingerprint density at radius 3 is 2.54 bits per heavy atom. The second-order valence-electron chi connectivity index (χ2n) is 6.07. The Balaban J connectivity index is 2.13. The van der Waals surface area contributed by atoms with Crippen molar-refractivity contribution in [3.8, 4) is 11.5 Å². The van der Waals surface area contributed by atoms with Crippen molar-refractivity contribution in [2.45, 2.75) is 12.5 Å². The smallest absolute Gasteiger partial charge is 0.322 e. The number of amides is 2. The predicted octanol–water partition coefficient (Wildman–Crippen LogP) is 2.60. The molecule has 0 aromatic heterocycles. The molecule has 1 atom stereocenters. The lowest BCUT2D eigenvalue weighted by Crippen LogP contribution is -2.48. The minimum atomic E-state index is -0.0698. The number of thioether (sulfide) groups is 1. The van der Waals surface area contributed by atoms with Crippen LogP contribution in [-0.2, 0) is 0 Å². The Morgan fingerprint density at radius 1 is 1.29 bits per heavy atom. The van der Waals surface area contributed by atoms with Crippen molar-refractivity contribution in [2.24, 2.45) is 0 Å². The van der Waals surface area contributed by atoms with Crippen molar-refractivity contribution >= 4 is 23.5 Å². The fourth-order valence-electron chi connectivity index (χ4n) is 2.74. The molecule has 0 aliphatic carbocycles. The summed E-state index contributed by atoms with van der Waals surface area (Å²) in [4.78, 5) is 16.9. The third kappa shape index (κ3) is 5.21. The van der Waals surface area contributed by atoms with Crippen LogP contribution in [0.3, 0.4) is 0 Å². The van der Waals surface area contributed by atoms with Crippen LogP contribution >= 0.6 is 11.8 Å². The highest BCUT2D eigenvalue weighted by Crippen LogP contribution is 2.26. The van der Waals surface area contributed by atoms with Crippen LogP contribution in [-0.4, -0.2) is 74.8 Å². The summed E-state index contributed by atoms with van der Waals surface area (Å²) in [5.74, 6) is 3.37. The molecule has 2 rings (SSSR count). The number of hydrogen-bond donors (Lipinski definition) is 1. The summed E-state index contributed by atoms with van der Waals surface area (Å²) in [6.45, 7) is 1.64. The molecule has 1 heterocycles. The molecule has 2 amide bonds. The van der Waals surface area contributed by atoms with Crippen molar-refractivity contribution in [1.82, 2.24) is 9.80 Å². The normalized spacial score (nSPS) is 18.2. The van der Waals surface area contributed by atoms with Crippen molar-refractivity contribution in [3.63, 3.8) is 0 Å². The predicted molar refractivity (Wildman–Crippen MR) is 99.6 cm³/mol. The minimum Gasteiger partial charge on any atom is -0.497 e. The minimum absolute atomic E-state index is 0.0698. The molecule has 1 aliphatic heterocycles. The molecule has 1 fully saturated rings. The first-order valence-electron chi connectivity index (χ1n) is 8.06. The van der Waals surface area contributed by atoms with Crippen LogP contribution in [0.25, 0.3) is 0 Å². The monoisotopic (exact) mass is 353 g/mol. The van der Waals surface area contributed by atoms with Crippen LogP contribution in [0.5, 0.6) is 11.5 Å². The summed E-state index contributed by atoms with van der Waals surface area (Å²) < 4.78 is 10.5. The molecule has 0 saturated carbocycles. The van der Waals surface area contributed by atoms with Crippen LogP contribution in [0.4, 0.5) is 10.5 Å². The van der Waals surface area contributed by atoms with Gasteiger partial charge in [-0.05, 0) is 26.3 Å². The zero-order valence-electron chi connectivity index (χ0n) is 14.9. The highest BCUT2D eigenvalue weighted by molar-refractivity contribution is 7.99. The molecule has 0 spiro atoms. The Hall–Kier alpha value is -1.60. The summed E-state index contributed by atoms with van der Waals surface area (Å²) in [5, 5.41) is 2.99. The second kappa shape index (κ2) is 9.03. The fraction of sp³-hybridized carbons (Fsp3) is 0.588. The van der Waals surface area contributed by atoms with Crippen LogP contribution in [0, 0.1) is 0 Å². The highest BCUT2D eigenvalue weighted by atomic mass is 32.2. The molecular formula is C17H27N3O3S. The Morgan fingerprint density at radius 2 is 1.96 bits per heavy atom. The van der Waals surface area contributed by atoms with Crippen molar-refractivity contribution in [1.29, 1.82) is 0 Å². The molecule has 0 bridgehead atoms. The maximum absolute atomic E-state index is 12.8. The number of ether oxygens (including phenoxy) is 2. The molecule has 24 heavy (non-hydrogen) atoms. The van der Waals surface area contributed by atoms with E-state index in [0.29, 0.717) is 17.2 Å². The Bertz CT molecular complexity index is 532. The van der Waals surface area contributed by atoms with E-state index in [0.717, 1.165) is 31.0 Å². The summed E-state index contributed by atoms with van der Waals surface area (Å²) >= 11 is 1.92. The molecule has 6 nitrogen and oxygen atoms in total. The zero-order valence-corrected chi connectivity index (χ0v) is 15.7. The number of anilines is 1. The van der Waals surface area contributed by atoms with Crippen molar-refractivity contribution in [2.75, 3.05) is 58.2 Å². The fourth-order valence-corrected chi connectivity index (χ4v) is 3.80. The van der Waals surface area contributed by atoms with Gasteiger partial charge in [0.1, 0.15) is 11.5 Å². The summed E-state index contributed by atoms with van der Waals surface area (Å²) in [6.07, 6.45) is 1.02. The molecule has 134 valence electrons. The van der Waals surface area contributed by atoms with E-state index in [1.165, 1.54) is 0 Å². The number of urea groups is 1. The van der Waals surface area contributed by atoms with E-state index < -0.39 is 0 Å². The van der Waals surface area contributed by atoms with Gasteiger partial charge in [0, 0.05) is 42.7 Å². The molecule has 1 aliphatic rings. The molecule has 1 unspecified atom stereocenters. The van der Waals surface area contributed by atoms with E-state index in [4.69, 9.17) is 9.47 Å². The molecule has 1 saturated heterocycles. The highest BCUT2D eigenvalue weighted by Gasteiger charge is 2.26. The van der Waals surface area contributed by atoms with Gasteiger partial charge in [-0.2, -0.15) is 11.8 Å². The number of carbonyl (C=O) groups excluding carboxylic acids is 1. The molecule has 1 aromatic carbocycles. The number of benzene rings is 1. The van der Waals surface area contributed by atoms with Gasteiger partial charge in [-0.25, -0.2) is 4.79 Å². The van der Waals surface area contributed by atoms with E-state index in [1.54, 1.807) is 32.4 Å². The van der Waals surface area contributed by atoms with Crippen LogP contribution in [0.1, 0.15) is 6.42 Å². The van der Waals surface area contributed by atoms with E-state index in [-0.39, 0.29) is 12.1 Å². The second-order valence-corrected chi connectivity index (χ2v) is 7.22. The first-order valence-corrected chi connectivity index (χ1v) is 9.22. The average Bonchev–Trinajstić information content (AvgIpc) is 2.79. The van der Waals surface area contributed by atoms with Gasteiger partial charge in [-0.1, -0.05) is 0 Å². The van der Waals surface area contributed by atoms with Gasteiger partial charge in [-0.3, -0.25) is 0 Å². The number of nitrogens with one attached hydrogen (secondary N) is 1. The zero-order chi connectivity index (χ0) is 17.5. The number of methoxy groups -OCH3 is 2. The van der Waals surface area contributed by atoms with Crippen molar-refractivity contribution < 1.29 is 14.3 Å². The van der Waals surface area contributed by atoms with Crippen molar-refractivity contribution in [3.05, 3.63) is 18.2 Å². The number of carbonyl (C=O) groups is 1. The number of hydrogen-bond acceptors (Lipinski definition) is 5. The van der Waals surface area contributed by atoms with Gasteiger partial charge in [0.25, 0.3) is 0 Å². The maximum atomic E-state index is 12.8. The molecule has 1 N–H and O–H groups in total. The van der Waals surface area contributed by atoms with Gasteiger partial charge >= 0.3 is 6.03 Å². The summed E-state index contributed by atoms with van der Waals surface area (Å²) in [6, 6.07) is 5.52. The standard InChI is InChI=1S/C17H27N3O3S/c1-19(2)11-14-12-24-7-5-6-20(14)17(21)18-13-8-15(22-3)10-16(9-13)23-4/h8-10,14H,5-7,11-12H2,1-4H3,(H,18,21). The van der Waals surface area contributed by atoms with E-state index in [2.05, 4.69) is 10.2 Å². The third-order valence-corrected chi connectivity index (χ3v) is 5.08. The number of likely N-dealkylation sites (N-methyl/N-ethyl adjacent to an activating group) is 1. The molecule has 1 aromatic rings. The lowest BCUT2D eigenvalue weighted by atomic mass is 10.2. The average molecular weight is 353 g/mol. The quantitative estimate of drug-likeness (QED) is 0.882. The van der Waals surface area contributed by atoms with Crippen LogP contribution in [0.2, 0.25) is 0 Å². The maximum Gasteiger partial charge on any atom is 0.322 e. The Kier molecular flexibility index (Phi) is 7.05. The molecule has 7 heteroatoms. The van der Waals surface area contributed by atoms with Crippen LogP contribution < -0.4 is 14.8 Å². The number of nitrogens with zero attached hydrogens (tertiary/aromatic N) is 2. The summed E-state index contributed by atoms with van der Waals surface area (Å²) in [5.41, 5.74) is 0.678. The lowest BCUT2D eigenvalue weighted by molar-refractivity contribution is 0.180. The lowest BCUT2D eigenvalue weighted by Gasteiger charge is -2.31. The molecule has 0 radical (unpaired) electrons. The van der Waals surface area contributed by atoms with Gasteiger partial charge in [-0.15, -0.1) is 0 Å². The summed E-state index contributed by atoms with van der Waals surface area (Å²) in [7, 11) is 7.27.